The molecule has 22 heavy (non-hydrogen) atoms. The monoisotopic (exact) mass is 311 g/mol. The van der Waals surface area contributed by atoms with Gasteiger partial charge in [0.25, 0.3) is 0 Å². The molecule has 2 rings (SSSR count). The predicted molar refractivity (Wildman–Crippen MR) is 88.8 cm³/mol. The van der Waals surface area contributed by atoms with Gasteiger partial charge in [-0.2, -0.15) is 0 Å². The first-order chi connectivity index (χ1) is 10.3. The fraction of sp³-hybridized carbons (Fsp3) is 0.889. The molecular weight excluding hydrogens is 278 g/mol. The maximum absolute atomic E-state index is 12.0. The van der Waals surface area contributed by atoms with Crippen LogP contribution in [-0.4, -0.2) is 36.0 Å². The predicted octanol–water partition coefficient (Wildman–Crippen LogP) is 4.42. The van der Waals surface area contributed by atoms with Crippen molar-refractivity contribution in [2.75, 3.05) is 13.1 Å². The molecule has 1 spiro atoms. The number of likely N-dealkylation sites (tertiary alicyclic amines) is 1. The number of aldehydes is 1. The lowest BCUT2D eigenvalue weighted by molar-refractivity contribution is -0.108. The first-order valence-corrected chi connectivity index (χ1v) is 8.75. The molecule has 0 aromatic rings. The van der Waals surface area contributed by atoms with Gasteiger partial charge in [0.05, 0.1) is 0 Å². The Bertz CT molecular complexity index is 365. The number of hydrogen-bond acceptors (Lipinski definition) is 3. The topological polar surface area (TPSA) is 46.6 Å². The SMILES string of the molecule is CC.CC(C)(C)OC(=O)N1CCC2(CCC(CC=O)C2)CC1. The molecule has 2 aliphatic rings. The molecule has 0 aromatic carbocycles. The zero-order valence-corrected chi connectivity index (χ0v) is 15.0. The minimum Gasteiger partial charge on any atom is -0.444 e. The van der Waals surface area contributed by atoms with Crippen LogP contribution in [0.4, 0.5) is 4.79 Å². The summed E-state index contributed by atoms with van der Waals surface area (Å²) >= 11 is 0. The number of rotatable bonds is 2. The van der Waals surface area contributed by atoms with Gasteiger partial charge in [0.15, 0.2) is 0 Å². The fourth-order valence-electron chi connectivity index (χ4n) is 3.61. The molecule has 1 aliphatic heterocycles. The summed E-state index contributed by atoms with van der Waals surface area (Å²) in [6.07, 6.45) is 7.24. The number of amides is 1. The van der Waals surface area contributed by atoms with Crippen molar-refractivity contribution in [2.24, 2.45) is 11.3 Å². The van der Waals surface area contributed by atoms with Crippen LogP contribution in [0.1, 0.15) is 73.1 Å². The van der Waals surface area contributed by atoms with E-state index < -0.39 is 5.60 Å². The van der Waals surface area contributed by atoms with Gasteiger partial charge in [-0.15, -0.1) is 0 Å². The fourth-order valence-corrected chi connectivity index (χ4v) is 3.61. The van der Waals surface area contributed by atoms with E-state index in [4.69, 9.17) is 4.74 Å². The molecule has 1 atom stereocenters. The van der Waals surface area contributed by atoms with Gasteiger partial charge in [0.2, 0.25) is 0 Å². The Balaban J connectivity index is 0.00000116. The number of hydrogen-bond donors (Lipinski definition) is 0. The Morgan fingerprint density at radius 2 is 1.82 bits per heavy atom. The second-order valence-corrected chi connectivity index (χ2v) is 7.48. The van der Waals surface area contributed by atoms with Crippen LogP contribution in [0.2, 0.25) is 0 Å². The molecule has 1 aliphatic carbocycles. The third-order valence-electron chi connectivity index (χ3n) is 4.71. The highest BCUT2D eigenvalue weighted by atomic mass is 16.6. The van der Waals surface area contributed by atoms with Crippen LogP contribution in [0.25, 0.3) is 0 Å². The molecule has 0 bridgehead atoms. The van der Waals surface area contributed by atoms with Gasteiger partial charge in [-0.3, -0.25) is 0 Å². The highest BCUT2D eigenvalue weighted by Gasteiger charge is 2.42. The van der Waals surface area contributed by atoms with Crippen molar-refractivity contribution in [1.29, 1.82) is 0 Å². The Morgan fingerprint density at radius 3 is 2.32 bits per heavy atom. The highest BCUT2D eigenvalue weighted by molar-refractivity contribution is 5.68. The van der Waals surface area contributed by atoms with Crippen LogP contribution in [0.3, 0.4) is 0 Å². The standard InChI is InChI=1S/C16H27NO3.C2H6/c1-15(2,3)20-14(19)17-9-7-16(8-10-17)6-4-13(12-16)5-11-18;1-2/h11,13H,4-10,12H2,1-3H3;1-2H3. The number of carbonyl (C=O) groups excluding carboxylic acids is 2. The number of piperidine rings is 1. The summed E-state index contributed by atoms with van der Waals surface area (Å²) in [6.45, 7) is 11.3. The second-order valence-electron chi connectivity index (χ2n) is 7.48. The van der Waals surface area contributed by atoms with Crippen LogP contribution >= 0.6 is 0 Å². The molecule has 1 heterocycles. The van der Waals surface area contributed by atoms with Crippen molar-refractivity contribution in [3.63, 3.8) is 0 Å². The van der Waals surface area contributed by atoms with E-state index in [2.05, 4.69) is 0 Å². The lowest BCUT2D eigenvalue weighted by atomic mass is 9.76. The van der Waals surface area contributed by atoms with E-state index >= 15 is 0 Å². The smallest absolute Gasteiger partial charge is 0.410 e. The van der Waals surface area contributed by atoms with Crippen molar-refractivity contribution in [3.05, 3.63) is 0 Å². The third kappa shape index (κ3) is 5.29. The lowest BCUT2D eigenvalue weighted by Crippen LogP contribution is -2.44. The van der Waals surface area contributed by atoms with Crippen molar-refractivity contribution >= 4 is 12.4 Å². The molecule has 0 N–H and O–H groups in total. The van der Waals surface area contributed by atoms with E-state index in [0.717, 1.165) is 38.6 Å². The number of carbonyl (C=O) groups is 2. The van der Waals surface area contributed by atoms with E-state index in [1.54, 1.807) is 0 Å². The van der Waals surface area contributed by atoms with E-state index in [0.29, 0.717) is 17.8 Å². The summed E-state index contributed by atoms with van der Waals surface area (Å²) in [6, 6.07) is 0. The van der Waals surface area contributed by atoms with Crippen LogP contribution in [0.15, 0.2) is 0 Å². The molecular formula is C18H33NO3. The first kappa shape index (κ1) is 19.0. The van der Waals surface area contributed by atoms with Gasteiger partial charge >= 0.3 is 6.09 Å². The Morgan fingerprint density at radius 1 is 1.23 bits per heavy atom. The third-order valence-corrected chi connectivity index (χ3v) is 4.71. The molecule has 4 nitrogen and oxygen atoms in total. The molecule has 128 valence electrons. The van der Waals surface area contributed by atoms with Gasteiger partial charge in [-0.05, 0) is 64.2 Å². The van der Waals surface area contributed by atoms with E-state index in [9.17, 15) is 9.59 Å². The molecule has 1 amide bonds. The maximum Gasteiger partial charge on any atom is 0.410 e. The molecule has 0 radical (unpaired) electrons. The van der Waals surface area contributed by atoms with Gasteiger partial charge in [0, 0.05) is 19.5 Å². The van der Waals surface area contributed by atoms with Crippen LogP contribution < -0.4 is 0 Å². The van der Waals surface area contributed by atoms with E-state index in [-0.39, 0.29) is 6.09 Å². The summed E-state index contributed by atoms with van der Waals surface area (Å²) in [5, 5.41) is 0. The normalized spacial score (nSPS) is 23.7. The minimum atomic E-state index is -0.422. The van der Waals surface area contributed by atoms with Gasteiger partial charge in [-0.1, -0.05) is 13.8 Å². The van der Waals surface area contributed by atoms with E-state index in [1.807, 2.05) is 39.5 Å². The summed E-state index contributed by atoms with van der Waals surface area (Å²) in [4.78, 5) is 24.5. The molecule has 0 aromatic heterocycles. The molecule has 2 fully saturated rings. The Labute approximate surface area is 135 Å². The number of nitrogens with zero attached hydrogens (tertiary/aromatic N) is 1. The van der Waals surface area contributed by atoms with Crippen LogP contribution in [-0.2, 0) is 9.53 Å². The highest BCUT2D eigenvalue weighted by Crippen LogP contribution is 2.49. The maximum atomic E-state index is 12.0. The van der Waals surface area contributed by atoms with Gasteiger partial charge in [0.1, 0.15) is 11.9 Å². The first-order valence-electron chi connectivity index (χ1n) is 8.75. The summed E-state index contributed by atoms with van der Waals surface area (Å²) in [5.74, 6) is 0.570. The molecule has 4 heteroatoms. The zero-order chi connectivity index (χ0) is 16.8. The summed E-state index contributed by atoms with van der Waals surface area (Å²) in [5.41, 5.74) is -0.0409. The summed E-state index contributed by atoms with van der Waals surface area (Å²) < 4.78 is 5.43. The average Bonchev–Trinajstić information content (AvgIpc) is 2.83. The molecule has 1 unspecified atom stereocenters. The minimum absolute atomic E-state index is 0.185. The van der Waals surface area contributed by atoms with E-state index in [1.165, 1.54) is 12.8 Å². The van der Waals surface area contributed by atoms with Crippen molar-refractivity contribution in [1.82, 2.24) is 4.90 Å². The number of ether oxygens (including phenoxy) is 1. The Hall–Kier alpha value is -1.06. The zero-order valence-electron chi connectivity index (χ0n) is 15.0. The molecule has 1 saturated carbocycles. The van der Waals surface area contributed by atoms with Gasteiger partial charge in [-0.25, -0.2) is 4.79 Å². The van der Waals surface area contributed by atoms with Crippen LogP contribution in [0.5, 0.6) is 0 Å². The van der Waals surface area contributed by atoms with Gasteiger partial charge < -0.3 is 14.4 Å². The summed E-state index contributed by atoms with van der Waals surface area (Å²) in [7, 11) is 0. The molecule has 1 saturated heterocycles. The Kier molecular flexibility index (Phi) is 6.89. The lowest BCUT2D eigenvalue weighted by Gasteiger charge is -2.40. The van der Waals surface area contributed by atoms with Crippen LogP contribution in [0, 0.1) is 11.3 Å². The van der Waals surface area contributed by atoms with Crippen molar-refractivity contribution in [2.45, 2.75) is 78.7 Å². The largest absolute Gasteiger partial charge is 0.444 e. The van der Waals surface area contributed by atoms with Crippen molar-refractivity contribution < 1.29 is 14.3 Å². The second kappa shape index (κ2) is 7.98. The quantitative estimate of drug-likeness (QED) is 0.709. The van der Waals surface area contributed by atoms with Crippen molar-refractivity contribution in [3.8, 4) is 0 Å². The average molecular weight is 311 g/mol.